The molecule has 0 aliphatic carbocycles. The molecule has 0 unspecified atom stereocenters. The van der Waals surface area contributed by atoms with Crippen molar-refractivity contribution >= 4 is 17.4 Å². The van der Waals surface area contributed by atoms with Gasteiger partial charge in [0.25, 0.3) is 5.91 Å². The number of carbonyl (C=O) groups is 1. The fraction of sp³-hybridized carbons (Fsp3) is 0.235. The van der Waals surface area contributed by atoms with E-state index >= 15 is 0 Å². The molecule has 0 saturated heterocycles. The van der Waals surface area contributed by atoms with Gasteiger partial charge in [0, 0.05) is 11.9 Å². The molecule has 0 radical (unpaired) electrons. The van der Waals surface area contributed by atoms with Crippen LogP contribution in [0.1, 0.15) is 39.9 Å². The number of carbonyl (C=O) groups excluding carboxylic acids is 1. The maximum atomic E-state index is 12.5. The minimum absolute atomic E-state index is 0.0196. The zero-order valence-electron chi connectivity index (χ0n) is 13.8. The molecule has 1 amide bonds. The van der Waals surface area contributed by atoms with Gasteiger partial charge < -0.3 is 9.72 Å². The highest BCUT2D eigenvalue weighted by Crippen LogP contribution is 2.18. The molecule has 2 N–H and O–H groups in total. The standard InChI is InChI=1S/C17H15N7O/c1-3-13-10(2)24-9-11(4-5-15(24)20-13)17(25)21-16-12(8-19)14(6-7-18)22-23-16/h4-5,9H,3,6H2,1-2H3,(H2,21,22,23,25). The first kappa shape index (κ1) is 16.2. The zero-order valence-corrected chi connectivity index (χ0v) is 13.8. The number of nitrogens with one attached hydrogen (secondary N) is 2. The number of nitrogens with zero attached hydrogens (tertiary/aromatic N) is 5. The SMILES string of the molecule is CCc1nc2ccc(C(=O)Nc3n[nH]c(CC#N)c3C#N)cn2c1C. The van der Waals surface area contributed by atoms with Gasteiger partial charge in [-0.15, -0.1) is 0 Å². The van der Waals surface area contributed by atoms with Crippen LogP contribution >= 0.6 is 0 Å². The number of rotatable bonds is 4. The Hall–Kier alpha value is -3.65. The van der Waals surface area contributed by atoms with Crippen molar-refractivity contribution in [3.8, 4) is 12.1 Å². The molecule has 0 spiro atoms. The smallest absolute Gasteiger partial charge is 0.258 e. The van der Waals surface area contributed by atoms with Gasteiger partial charge in [0.2, 0.25) is 0 Å². The van der Waals surface area contributed by atoms with Crippen LogP contribution in [0.5, 0.6) is 0 Å². The van der Waals surface area contributed by atoms with Gasteiger partial charge in [0.05, 0.1) is 29.4 Å². The molecule has 0 aromatic carbocycles. The van der Waals surface area contributed by atoms with Crippen LogP contribution < -0.4 is 5.32 Å². The summed E-state index contributed by atoms with van der Waals surface area (Å²) in [7, 11) is 0. The number of anilines is 1. The first-order valence-corrected chi connectivity index (χ1v) is 7.72. The maximum absolute atomic E-state index is 12.5. The minimum atomic E-state index is -0.389. The summed E-state index contributed by atoms with van der Waals surface area (Å²) in [6.45, 7) is 3.98. The topological polar surface area (TPSA) is 123 Å². The Kier molecular flexibility index (Phi) is 4.19. The average molecular weight is 333 g/mol. The van der Waals surface area contributed by atoms with Gasteiger partial charge in [-0.2, -0.15) is 15.6 Å². The van der Waals surface area contributed by atoms with Crippen LogP contribution in [-0.2, 0) is 12.8 Å². The highest BCUT2D eigenvalue weighted by atomic mass is 16.1. The third-order valence-electron chi connectivity index (χ3n) is 3.99. The Morgan fingerprint density at radius 1 is 1.40 bits per heavy atom. The predicted octanol–water partition coefficient (Wildman–Crippen LogP) is 2.12. The third kappa shape index (κ3) is 2.81. The summed E-state index contributed by atoms with van der Waals surface area (Å²) < 4.78 is 1.87. The van der Waals surface area contributed by atoms with E-state index in [9.17, 15) is 10.1 Å². The van der Waals surface area contributed by atoms with Crippen molar-refractivity contribution in [3.05, 3.63) is 46.5 Å². The van der Waals surface area contributed by atoms with Crippen LogP contribution in [-0.4, -0.2) is 25.5 Å². The van der Waals surface area contributed by atoms with Gasteiger partial charge in [-0.05, 0) is 25.5 Å². The van der Waals surface area contributed by atoms with E-state index in [4.69, 9.17) is 5.26 Å². The van der Waals surface area contributed by atoms with Crippen molar-refractivity contribution in [1.29, 1.82) is 10.5 Å². The number of hydrogen-bond acceptors (Lipinski definition) is 5. The Labute approximate surface area is 143 Å². The Morgan fingerprint density at radius 3 is 2.88 bits per heavy atom. The molecule has 8 heteroatoms. The van der Waals surface area contributed by atoms with Crippen molar-refractivity contribution in [2.75, 3.05) is 5.32 Å². The fourth-order valence-electron chi connectivity index (χ4n) is 2.66. The Balaban J connectivity index is 1.92. The first-order chi connectivity index (χ1) is 12.1. The number of nitriles is 2. The molecule has 3 rings (SSSR count). The molecule has 124 valence electrons. The lowest BCUT2D eigenvalue weighted by molar-refractivity contribution is 0.102. The molecule has 0 bridgehead atoms. The van der Waals surface area contributed by atoms with E-state index in [1.54, 1.807) is 18.3 Å². The van der Waals surface area contributed by atoms with Crippen LogP contribution in [0.25, 0.3) is 5.65 Å². The zero-order chi connectivity index (χ0) is 18.0. The van der Waals surface area contributed by atoms with Crippen molar-refractivity contribution in [1.82, 2.24) is 19.6 Å². The maximum Gasteiger partial charge on any atom is 0.258 e. The second-order valence-electron chi connectivity index (χ2n) is 5.47. The van der Waals surface area contributed by atoms with E-state index in [1.807, 2.05) is 30.4 Å². The highest BCUT2D eigenvalue weighted by molar-refractivity contribution is 6.04. The molecular weight excluding hydrogens is 318 g/mol. The average Bonchev–Trinajstić information content (AvgIpc) is 3.15. The van der Waals surface area contributed by atoms with Gasteiger partial charge in [0.15, 0.2) is 5.82 Å². The van der Waals surface area contributed by atoms with E-state index in [-0.39, 0.29) is 23.7 Å². The molecule has 3 aromatic rings. The second-order valence-corrected chi connectivity index (χ2v) is 5.47. The highest BCUT2D eigenvalue weighted by Gasteiger charge is 2.17. The van der Waals surface area contributed by atoms with Gasteiger partial charge in [0.1, 0.15) is 17.3 Å². The number of H-pyrrole nitrogens is 1. The van der Waals surface area contributed by atoms with Crippen LogP contribution in [0, 0.1) is 29.6 Å². The van der Waals surface area contributed by atoms with Crippen molar-refractivity contribution in [3.63, 3.8) is 0 Å². The molecule has 25 heavy (non-hydrogen) atoms. The summed E-state index contributed by atoms with van der Waals surface area (Å²) in [6, 6.07) is 7.35. The minimum Gasteiger partial charge on any atom is -0.304 e. The molecule has 0 aliphatic heterocycles. The largest absolute Gasteiger partial charge is 0.304 e. The summed E-state index contributed by atoms with van der Waals surface area (Å²) >= 11 is 0. The number of amides is 1. The van der Waals surface area contributed by atoms with Crippen LogP contribution in [0.15, 0.2) is 18.3 Å². The van der Waals surface area contributed by atoms with Crippen molar-refractivity contribution in [2.45, 2.75) is 26.7 Å². The fourth-order valence-corrected chi connectivity index (χ4v) is 2.66. The lowest BCUT2D eigenvalue weighted by Crippen LogP contribution is -2.14. The molecule has 8 nitrogen and oxygen atoms in total. The first-order valence-electron chi connectivity index (χ1n) is 7.72. The van der Waals surface area contributed by atoms with Gasteiger partial charge in [-0.25, -0.2) is 4.98 Å². The van der Waals surface area contributed by atoms with E-state index in [2.05, 4.69) is 20.5 Å². The van der Waals surface area contributed by atoms with E-state index in [0.29, 0.717) is 11.3 Å². The van der Waals surface area contributed by atoms with Crippen LogP contribution in [0.2, 0.25) is 0 Å². The lowest BCUT2D eigenvalue weighted by atomic mass is 10.2. The summed E-state index contributed by atoms with van der Waals surface area (Å²) in [6.07, 6.45) is 2.54. The van der Waals surface area contributed by atoms with E-state index in [0.717, 1.165) is 23.5 Å². The normalized spacial score (nSPS) is 10.4. The molecule has 0 fully saturated rings. The Morgan fingerprint density at radius 2 is 2.20 bits per heavy atom. The molecule has 3 heterocycles. The number of hydrogen-bond donors (Lipinski definition) is 2. The summed E-state index contributed by atoms with van der Waals surface area (Å²) in [4.78, 5) is 17.0. The number of fused-ring (bicyclic) bond motifs is 1. The van der Waals surface area contributed by atoms with E-state index in [1.165, 1.54) is 0 Å². The van der Waals surface area contributed by atoms with Crippen molar-refractivity contribution < 1.29 is 4.79 Å². The number of aryl methyl sites for hydroxylation is 2. The number of aromatic amines is 1. The third-order valence-corrected chi connectivity index (χ3v) is 3.99. The molecular formula is C17H15N7O. The molecule has 0 saturated carbocycles. The number of imidazole rings is 1. The van der Waals surface area contributed by atoms with Gasteiger partial charge >= 0.3 is 0 Å². The predicted molar refractivity (Wildman–Crippen MR) is 89.9 cm³/mol. The van der Waals surface area contributed by atoms with Crippen LogP contribution in [0.4, 0.5) is 5.82 Å². The number of pyridine rings is 1. The Bertz CT molecular complexity index is 1050. The summed E-state index contributed by atoms with van der Waals surface area (Å²) in [5.74, 6) is -0.269. The summed E-state index contributed by atoms with van der Waals surface area (Å²) in [5.41, 5.74) is 3.72. The second kappa shape index (κ2) is 6.46. The molecule has 0 aliphatic rings. The monoisotopic (exact) mass is 333 g/mol. The van der Waals surface area contributed by atoms with Gasteiger partial charge in [-0.3, -0.25) is 9.89 Å². The lowest BCUT2D eigenvalue weighted by Gasteiger charge is -2.04. The van der Waals surface area contributed by atoms with Crippen molar-refractivity contribution in [2.24, 2.45) is 0 Å². The number of aromatic nitrogens is 4. The molecule has 0 atom stereocenters. The summed E-state index contributed by atoms with van der Waals surface area (Å²) in [5, 5.41) is 27.1. The van der Waals surface area contributed by atoms with E-state index < -0.39 is 0 Å². The quantitative estimate of drug-likeness (QED) is 0.757. The van der Waals surface area contributed by atoms with Crippen LogP contribution in [0.3, 0.4) is 0 Å². The molecule has 3 aromatic heterocycles. The van der Waals surface area contributed by atoms with Gasteiger partial charge in [-0.1, -0.05) is 6.92 Å².